The van der Waals surface area contributed by atoms with Gasteiger partial charge in [-0.3, -0.25) is 0 Å². The van der Waals surface area contributed by atoms with Gasteiger partial charge in [0.25, 0.3) is 0 Å². The van der Waals surface area contributed by atoms with E-state index >= 15 is 0 Å². The highest BCUT2D eigenvalue weighted by atomic mass is 16.8. The van der Waals surface area contributed by atoms with Crippen LogP contribution in [0.2, 0.25) is 0 Å². The molecule has 110 valence electrons. The van der Waals surface area contributed by atoms with E-state index in [4.69, 9.17) is 18.9 Å². The Morgan fingerprint density at radius 3 is 2.37 bits per heavy atom. The van der Waals surface area contributed by atoms with Gasteiger partial charge in [0.15, 0.2) is 0 Å². The molecule has 5 atom stereocenters. The summed E-state index contributed by atoms with van der Waals surface area (Å²) in [7, 11) is 3.02. The second kappa shape index (κ2) is 5.12. The number of fused-ring (bicyclic) bond motifs is 1. The predicted molar refractivity (Wildman–Crippen MR) is 66.4 cm³/mol. The van der Waals surface area contributed by atoms with Gasteiger partial charge in [0.1, 0.15) is 12.2 Å². The minimum atomic E-state index is -1.12. The van der Waals surface area contributed by atoms with E-state index in [9.17, 15) is 10.2 Å². The fourth-order valence-electron chi connectivity index (χ4n) is 2.60. The molecule has 0 aromatic carbocycles. The van der Waals surface area contributed by atoms with E-state index in [0.717, 1.165) is 5.57 Å². The number of ether oxygens (including phenoxy) is 4. The molecular formula is C13H22O6. The maximum absolute atomic E-state index is 10.1. The molecule has 2 rings (SSSR count). The molecule has 2 N–H and O–H groups in total. The fraction of sp³-hybridized carbons (Fsp3) is 0.846. The van der Waals surface area contributed by atoms with Crippen LogP contribution in [0.1, 0.15) is 20.3 Å². The molecular weight excluding hydrogens is 252 g/mol. The minimum Gasteiger partial charge on any atom is -0.392 e. The Labute approximate surface area is 112 Å². The molecule has 1 aliphatic heterocycles. The summed E-state index contributed by atoms with van der Waals surface area (Å²) in [6.45, 7) is 3.34. The van der Waals surface area contributed by atoms with Crippen LogP contribution in [0.5, 0.6) is 0 Å². The molecule has 2 aliphatic rings. The topological polar surface area (TPSA) is 77.4 Å². The van der Waals surface area contributed by atoms with E-state index in [0.29, 0.717) is 6.42 Å². The van der Waals surface area contributed by atoms with Crippen LogP contribution < -0.4 is 0 Å². The van der Waals surface area contributed by atoms with Crippen LogP contribution in [0.3, 0.4) is 0 Å². The molecule has 0 unspecified atom stereocenters. The normalized spacial score (nSPS) is 46.6. The molecule has 0 saturated carbocycles. The first-order chi connectivity index (χ1) is 8.89. The zero-order chi connectivity index (χ0) is 14.3. The number of hydrogen-bond acceptors (Lipinski definition) is 6. The van der Waals surface area contributed by atoms with Gasteiger partial charge in [0.05, 0.1) is 12.7 Å². The molecule has 0 amide bonds. The predicted octanol–water partition coefficient (Wildman–Crippen LogP) is 0.179. The zero-order valence-corrected chi connectivity index (χ0v) is 11.8. The molecule has 0 aromatic heterocycles. The molecule has 1 heterocycles. The molecule has 0 spiro atoms. The summed E-state index contributed by atoms with van der Waals surface area (Å²) in [4.78, 5) is 0. The molecule has 1 saturated heterocycles. The minimum absolute atomic E-state index is 0.102. The van der Waals surface area contributed by atoms with Crippen molar-refractivity contribution in [3.8, 4) is 0 Å². The van der Waals surface area contributed by atoms with Crippen molar-refractivity contribution < 1.29 is 29.2 Å². The fourth-order valence-corrected chi connectivity index (χ4v) is 2.60. The van der Waals surface area contributed by atoms with Crippen molar-refractivity contribution in [2.75, 3.05) is 20.8 Å². The van der Waals surface area contributed by atoms with Crippen molar-refractivity contribution in [2.45, 2.75) is 50.2 Å². The molecule has 0 aromatic rings. The molecule has 1 aliphatic carbocycles. The molecule has 1 fully saturated rings. The Kier molecular flexibility index (Phi) is 4.02. The van der Waals surface area contributed by atoms with Crippen molar-refractivity contribution in [3.05, 3.63) is 11.6 Å². The van der Waals surface area contributed by atoms with Crippen LogP contribution in [0, 0.1) is 0 Å². The lowest BCUT2D eigenvalue weighted by molar-refractivity contribution is -0.453. The summed E-state index contributed by atoms with van der Waals surface area (Å²) in [5.74, 6) is -2.20. The highest BCUT2D eigenvalue weighted by molar-refractivity contribution is 5.16. The van der Waals surface area contributed by atoms with Crippen LogP contribution in [-0.4, -0.2) is 60.9 Å². The third-order valence-corrected chi connectivity index (χ3v) is 4.12. The average molecular weight is 274 g/mol. The van der Waals surface area contributed by atoms with Gasteiger partial charge in [-0.15, -0.1) is 0 Å². The van der Waals surface area contributed by atoms with Gasteiger partial charge in [-0.1, -0.05) is 6.08 Å². The maximum Gasteiger partial charge on any atom is 0.220 e. The quantitative estimate of drug-likeness (QED) is 0.715. The van der Waals surface area contributed by atoms with Gasteiger partial charge >= 0.3 is 0 Å². The van der Waals surface area contributed by atoms with Gasteiger partial charge in [0, 0.05) is 14.2 Å². The summed E-state index contributed by atoms with van der Waals surface area (Å²) in [5, 5.41) is 19.3. The summed E-state index contributed by atoms with van der Waals surface area (Å²) < 4.78 is 22.6. The van der Waals surface area contributed by atoms with Crippen molar-refractivity contribution in [1.29, 1.82) is 0 Å². The van der Waals surface area contributed by atoms with Crippen molar-refractivity contribution in [1.82, 2.24) is 0 Å². The van der Waals surface area contributed by atoms with E-state index in [1.54, 1.807) is 19.9 Å². The lowest BCUT2D eigenvalue weighted by Crippen LogP contribution is -2.67. The van der Waals surface area contributed by atoms with Crippen LogP contribution in [0.15, 0.2) is 11.6 Å². The Balaban J connectivity index is 2.29. The smallest absolute Gasteiger partial charge is 0.220 e. The van der Waals surface area contributed by atoms with Crippen LogP contribution in [0.4, 0.5) is 0 Å². The van der Waals surface area contributed by atoms with Crippen molar-refractivity contribution >= 4 is 0 Å². The highest BCUT2D eigenvalue weighted by Crippen LogP contribution is 2.42. The van der Waals surface area contributed by atoms with Gasteiger partial charge < -0.3 is 29.2 Å². The Morgan fingerprint density at radius 1 is 1.26 bits per heavy atom. The first-order valence-corrected chi connectivity index (χ1v) is 6.33. The first-order valence-electron chi connectivity index (χ1n) is 6.33. The molecule has 0 bridgehead atoms. The van der Waals surface area contributed by atoms with Gasteiger partial charge in [-0.2, -0.15) is 0 Å². The van der Waals surface area contributed by atoms with Crippen LogP contribution in [-0.2, 0) is 18.9 Å². The monoisotopic (exact) mass is 274 g/mol. The lowest BCUT2D eigenvalue weighted by atomic mass is 9.89. The van der Waals surface area contributed by atoms with Crippen LogP contribution >= 0.6 is 0 Å². The number of methoxy groups -OCH3 is 2. The maximum atomic E-state index is 10.1. The summed E-state index contributed by atoms with van der Waals surface area (Å²) in [6, 6.07) is 0. The third-order valence-electron chi connectivity index (χ3n) is 4.12. The van der Waals surface area contributed by atoms with E-state index < -0.39 is 23.8 Å². The van der Waals surface area contributed by atoms with Crippen molar-refractivity contribution in [2.24, 2.45) is 0 Å². The second-order valence-corrected chi connectivity index (χ2v) is 5.22. The largest absolute Gasteiger partial charge is 0.392 e. The van der Waals surface area contributed by atoms with Gasteiger partial charge in [0.2, 0.25) is 11.6 Å². The highest BCUT2D eigenvalue weighted by Gasteiger charge is 2.58. The Bertz CT molecular complexity index is 370. The van der Waals surface area contributed by atoms with E-state index in [2.05, 4.69) is 0 Å². The molecule has 6 nitrogen and oxygen atoms in total. The number of rotatable bonds is 3. The van der Waals surface area contributed by atoms with E-state index in [1.807, 2.05) is 0 Å². The Morgan fingerprint density at radius 2 is 1.84 bits per heavy atom. The standard InChI is InChI=1S/C13H22O6/c1-12(16-3)13(2,17-4)19-11-9(15)5-8(7-14)6-10(11)18-12/h5,9-11,14-15H,6-7H2,1-4H3/t9-,10+,11+,12-,13-/m0/s1. The van der Waals surface area contributed by atoms with Gasteiger partial charge in [-0.25, -0.2) is 0 Å². The van der Waals surface area contributed by atoms with Crippen LogP contribution in [0.25, 0.3) is 0 Å². The number of aliphatic hydroxyl groups excluding tert-OH is 2. The van der Waals surface area contributed by atoms with E-state index in [1.165, 1.54) is 14.2 Å². The number of aliphatic hydroxyl groups is 2. The van der Waals surface area contributed by atoms with Crippen molar-refractivity contribution in [3.63, 3.8) is 0 Å². The summed E-state index contributed by atoms with van der Waals surface area (Å²) >= 11 is 0. The molecule has 19 heavy (non-hydrogen) atoms. The summed E-state index contributed by atoms with van der Waals surface area (Å²) in [6.07, 6.45) is 0.350. The molecule has 6 heteroatoms. The number of hydrogen-bond donors (Lipinski definition) is 2. The second-order valence-electron chi connectivity index (χ2n) is 5.22. The zero-order valence-electron chi connectivity index (χ0n) is 11.8. The SMILES string of the molecule is CO[C@@]1(C)O[C@@H]2[C@@H](O)C=C(CO)C[C@H]2O[C@]1(C)OC. The average Bonchev–Trinajstić information content (AvgIpc) is 2.40. The Hall–Kier alpha value is -0.500. The summed E-state index contributed by atoms with van der Waals surface area (Å²) in [5.41, 5.74) is 0.733. The van der Waals surface area contributed by atoms with E-state index in [-0.39, 0.29) is 12.7 Å². The molecule has 0 radical (unpaired) electrons. The first kappa shape index (κ1) is 14.9. The lowest BCUT2D eigenvalue weighted by Gasteiger charge is -2.53. The van der Waals surface area contributed by atoms with Gasteiger partial charge in [-0.05, 0) is 25.8 Å². The third kappa shape index (κ3) is 2.33.